The van der Waals surface area contributed by atoms with Crippen LogP contribution >= 0.6 is 0 Å². The summed E-state index contributed by atoms with van der Waals surface area (Å²) in [6.45, 7) is 3.48. The van der Waals surface area contributed by atoms with Gasteiger partial charge in [-0.3, -0.25) is 4.79 Å². The van der Waals surface area contributed by atoms with Crippen molar-refractivity contribution in [2.24, 2.45) is 5.41 Å². The average Bonchev–Trinajstić information content (AvgIpc) is 2.16. The smallest absolute Gasteiger partial charge is 0.311 e. The van der Waals surface area contributed by atoms with Crippen molar-refractivity contribution in [1.82, 2.24) is 5.32 Å². The van der Waals surface area contributed by atoms with Crippen LogP contribution < -0.4 is 5.32 Å². The number of rotatable bonds is 3. The summed E-state index contributed by atoms with van der Waals surface area (Å²) in [5.74, 6) is -0.669. The second-order valence-corrected chi connectivity index (χ2v) is 3.64. The zero-order valence-electron chi connectivity index (χ0n) is 8.05. The topological polar surface area (TPSA) is 49.3 Å². The van der Waals surface area contributed by atoms with Gasteiger partial charge in [-0.25, -0.2) is 0 Å². The first-order chi connectivity index (χ1) is 6.21. The van der Waals surface area contributed by atoms with Gasteiger partial charge in [0.15, 0.2) is 0 Å². The molecule has 3 nitrogen and oxygen atoms in total. The van der Waals surface area contributed by atoms with Crippen LogP contribution in [0.5, 0.6) is 0 Å². The highest BCUT2D eigenvalue weighted by molar-refractivity contribution is 5.75. The van der Waals surface area contributed by atoms with Crippen molar-refractivity contribution in [3.8, 4) is 0 Å². The molecule has 1 saturated heterocycles. The Morgan fingerprint density at radius 1 is 1.69 bits per heavy atom. The Balaban J connectivity index is 2.67. The largest absolute Gasteiger partial charge is 0.481 e. The van der Waals surface area contributed by atoms with Gasteiger partial charge in [-0.05, 0) is 32.7 Å². The summed E-state index contributed by atoms with van der Waals surface area (Å²) < 4.78 is 0. The molecule has 0 aromatic carbocycles. The summed E-state index contributed by atoms with van der Waals surface area (Å²) in [6, 6.07) is 0. The van der Waals surface area contributed by atoms with Crippen LogP contribution in [0.25, 0.3) is 0 Å². The molecule has 3 heteroatoms. The lowest BCUT2D eigenvalue weighted by molar-refractivity contribution is -0.149. The summed E-state index contributed by atoms with van der Waals surface area (Å²) in [7, 11) is 0. The Labute approximate surface area is 78.8 Å². The van der Waals surface area contributed by atoms with Crippen molar-refractivity contribution in [1.29, 1.82) is 0 Å². The number of hydrogen-bond acceptors (Lipinski definition) is 2. The minimum atomic E-state index is -0.669. The summed E-state index contributed by atoms with van der Waals surface area (Å²) in [6.07, 6.45) is 6.26. The van der Waals surface area contributed by atoms with Crippen LogP contribution in [0.2, 0.25) is 0 Å². The van der Waals surface area contributed by atoms with Gasteiger partial charge in [0, 0.05) is 6.54 Å². The molecule has 0 bridgehead atoms. The van der Waals surface area contributed by atoms with Gasteiger partial charge in [0.25, 0.3) is 0 Å². The SMILES string of the molecule is C/C=C/CC1(C(=O)O)CCCNC1. The van der Waals surface area contributed by atoms with E-state index in [1.807, 2.05) is 19.1 Å². The number of nitrogens with one attached hydrogen (secondary N) is 1. The second kappa shape index (κ2) is 4.42. The van der Waals surface area contributed by atoms with Crippen LogP contribution in [-0.2, 0) is 4.79 Å². The Bertz CT molecular complexity index is 205. The normalized spacial score (nSPS) is 29.3. The maximum Gasteiger partial charge on any atom is 0.311 e. The number of carboxylic acid groups (broad SMARTS) is 1. The van der Waals surface area contributed by atoms with Crippen LogP contribution in [-0.4, -0.2) is 24.2 Å². The zero-order valence-corrected chi connectivity index (χ0v) is 8.05. The quantitative estimate of drug-likeness (QED) is 0.650. The van der Waals surface area contributed by atoms with Crippen molar-refractivity contribution in [3.63, 3.8) is 0 Å². The first kappa shape index (κ1) is 10.3. The summed E-state index contributed by atoms with van der Waals surface area (Å²) in [4.78, 5) is 11.1. The lowest BCUT2D eigenvalue weighted by Gasteiger charge is -2.32. The third-order valence-electron chi connectivity index (χ3n) is 2.67. The molecule has 0 radical (unpaired) electrons. The first-order valence-corrected chi connectivity index (χ1v) is 4.76. The first-order valence-electron chi connectivity index (χ1n) is 4.76. The van der Waals surface area contributed by atoms with E-state index >= 15 is 0 Å². The van der Waals surface area contributed by atoms with E-state index in [9.17, 15) is 4.79 Å². The van der Waals surface area contributed by atoms with E-state index in [2.05, 4.69) is 5.32 Å². The number of aliphatic carboxylic acids is 1. The Kier molecular flexibility index (Phi) is 3.48. The molecule has 1 heterocycles. The zero-order chi connectivity index (χ0) is 9.73. The predicted octanol–water partition coefficient (Wildman–Crippen LogP) is 1.41. The molecule has 0 amide bonds. The van der Waals surface area contributed by atoms with Crippen molar-refractivity contribution in [2.45, 2.75) is 26.2 Å². The number of hydrogen-bond donors (Lipinski definition) is 2. The van der Waals surface area contributed by atoms with Crippen LogP contribution in [0.3, 0.4) is 0 Å². The van der Waals surface area contributed by atoms with Crippen molar-refractivity contribution >= 4 is 5.97 Å². The van der Waals surface area contributed by atoms with E-state index in [4.69, 9.17) is 5.11 Å². The maximum absolute atomic E-state index is 11.1. The molecule has 0 spiro atoms. The van der Waals surface area contributed by atoms with Crippen molar-refractivity contribution in [2.75, 3.05) is 13.1 Å². The molecule has 0 saturated carbocycles. The fourth-order valence-electron chi connectivity index (χ4n) is 1.76. The Hall–Kier alpha value is -0.830. The molecule has 74 valence electrons. The average molecular weight is 183 g/mol. The summed E-state index contributed by atoms with van der Waals surface area (Å²) >= 11 is 0. The number of carboxylic acids is 1. The number of allylic oxidation sites excluding steroid dienone is 2. The standard InChI is InChI=1S/C10H17NO2/c1-2-3-5-10(9(12)13)6-4-7-11-8-10/h2-3,11H,4-8H2,1H3,(H,12,13)/b3-2+. The molecule has 1 unspecified atom stereocenters. The van der Waals surface area contributed by atoms with E-state index in [-0.39, 0.29) is 0 Å². The van der Waals surface area contributed by atoms with Gasteiger partial charge in [0.1, 0.15) is 0 Å². The summed E-state index contributed by atoms with van der Waals surface area (Å²) in [5.41, 5.74) is -0.551. The molecule has 0 aliphatic carbocycles. The highest BCUT2D eigenvalue weighted by atomic mass is 16.4. The molecule has 2 N–H and O–H groups in total. The molecular formula is C10H17NO2. The molecule has 1 fully saturated rings. The third-order valence-corrected chi connectivity index (χ3v) is 2.67. The van der Waals surface area contributed by atoms with Crippen LogP contribution in [0.1, 0.15) is 26.2 Å². The van der Waals surface area contributed by atoms with E-state index in [1.165, 1.54) is 0 Å². The highest BCUT2D eigenvalue weighted by Gasteiger charge is 2.38. The van der Waals surface area contributed by atoms with E-state index < -0.39 is 11.4 Å². The van der Waals surface area contributed by atoms with Crippen molar-refractivity contribution in [3.05, 3.63) is 12.2 Å². The van der Waals surface area contributed by atoms with Crippen LogP contribution in [0.4, 0.5) is 0 Å². The predicted molar refractivity (Wildman–Crippen MR) is 51.6 cm³/mol. The van der Waals surface area contributed by atoms with Crippen LogP contribution in [0.15, 0.2) is 12.2 Å². The molecular weight excluding hydrogens is 166 g/mol. The van der Waals surface area contributed by atoms with Crippen molar-refractivity contribution < 1.29 is 9.90 Å². The minimum absolute atomic E-state index is 0.551. The fraction of sp³-hybridized carbons (Fsp3) is 0.700. The van der Waals surface area contributed by atoms with Gasteiger partial charge >= 0.3 is 5.97 Å². The second-order valence-electron chi connectivity index (χ2n) is 3.64. The van der Waals surface area contributed by atoms with E-state index in [0.717, 1.165) is 19.4 Å². The molecule has 0 aromatic rings. The van der Waals surface area contributed by atoms with Crippen LogP contribution in [0, 0.1) is 5.41 Å². The van der Waals surface area contributed by atoms with Gasteiger partial charge in [-0.1, -0.05) is 12.2 Å². The third kappa shape index (κ3) is 2.31. The molecule has 1 aliphatic rings. The monoisotopic (exact) mass is 183 g/mol. The van der Waals surface area contributed by atoms with Gasteiger partial charge < -0.3 is 10.4 Å². The van der Waals surface area contributed by atoms with Gasteiger partial charge in [0.2, 0.25) is 0 Å². The summed E-state index contributed by atoms with van der Waals surface area (Å²) in [5, 5.41) is 12.3. The van der Waals surface area contributed by atoms with Gasteiger partial charge in [-0.2, -0.15) is 0 Å². The van der Waals surface area contributed by atoms with Gasteiger partial charge in [0.05, 0.1) is 5.41 Å². The lowest BCUT2D eigenvalue weighted by atomic mass is 9.78. The maximum atomic E-state index is 11.1. The Morgan fingerprint density at radius 2 is 2.46 bits per heavy atom. The highest BCUT2D eigenvalue weighted by Crippen LogP contribution is 2.30. The molecule has 1 atom stereocenters. The molecule has 1 rings (SSSR count). The van der Waals surface area contributed by atoms with E-state index in [1.54, 1.807) is 0 Å². The number of carbonyl (C=O) groups is 1. The van der Waals surface area contributed by atoms with E-state index in [0.29, 0.717) is 13.0 Å². The minimum Gasteiger partial charge on any atom is -0.481 e. The van der Waals surface area contributed by atoms with Gasteiger partial charge in [-0.15, -0.1) is 0 Å². The number of piperidine rings is 1. The molecule has 13 heavy (non-hydrogen) atoms. The molecule has 0 aromatic heterocycles. The molecule has 1 aliphatic heterocycles. The Morgan fingerprint density at radius 3 is 2.92 bits per heavy atom. The lowest BCUT2D eigenvalue weighted by Crippen LogP contribution is -2.45. The fourth-order valence-corrected chi connectivity index (χ4v) is 1.76.